The molecule has 0 aliphatic heterocycles. The van der Waals surface area contributed by atoms with E-state index in [4.69, 9.17) is 4.74 Å². The number of ether oxygens (including phenoxy) is 1. The van der Waals surface area contributed by atoms with Crippen LogP contribution in [0.2, 0.25) is 0 Å². The lowest BCUT2D eigenvalue weighted by molar-refractivity contribution is 0.414. The minimum atomic E-state index is 0.686. The maximum absolute atomic E-state index is 5.45. The molecule has 2 nitrogen and oxygen atoms in total. The number of anilines is 1. The van der Waals surface area contributed by atoms with Gasteiger partial charge in [0.2, 0.25) is 0 Å². The largest absolute Gasteiger partial charge is 0.495 e. The first kappa shape index (κ1) is 14.0. The normalized spacial score (nSPS) is 9.50. The number of hydrogen-bond donors (Lipinski definition) is 0. The summed E-state index contributed by atoms with van der Waals surface area (Å²) in [4.78, 5) is 2.23. The average molecular weight is 265 g/mol. The zero-order chi connectivity index (χ0) is 14.2. The van der Waals surface area contributed by atoms with E-state index >= 15 is 0 Å². The summed E-state index contributed by atoms with van der Waals surface area (Å²) >= 11 is 0. The van der Waals surface area contributed by atoms with E-state index in [2.05, 4.69) is 47.1 Å². The summed E-state index contributed by atoms with van der Waals surface area (Å²) < 4.78 is 5.45. The number of nitrogens with zero attached hydrogens (tertiary/aromatic N) is 1. The van der Waals surface area contributed by atoms with E-state index in [0.29, 0.717) is 6.54 Å². The standard InChI is InChI=1S/C18H19NO/c1-3-4-14-19(15-16-10-6-5-7-11-16)17-12-8-9-13-18(17)20-2/h5-13H,14-15H2,1-2H3. The molecule has 2 heteroatoms. The number of benzene rings is 2. The summed E-state index contributed by atoms with van der Waals surface area (Å²) in [5, 5.41) is 0. The second-order valence-electron chi connectivity index (χ2n) is 4.44. The molecule has 2 aromatic carbocycles. The second kappa shape index (κ2) is 7.25. The molecule has 0 aromatic heterocycles. The Morgan fingerprint density at radius 1 is 1.00 bits per heavy atom. The Hall–Kier alpha value is -2.40. The molecule has 0 radical (unpaired) electrons. The summed E-state index contributed by atoms with van der Waals surface area (Å²) in [6.45, 7) is 3.37. The average Bonchev–Trinajstić information content (AvgIpc) is 2.52. The lowest BCUT2D eigenvalue weighted by Crippen LogP contribution is -2.23. The van der Waals surface area contributed by atoms with E-state index in [0.717, 1.165) is 18.0 Å². The van der Waals surface area contributed by atoms with Crippen LogP contribution < -0.4 is 9.64 Å². The van der Waals surface area contributed by atoms with Gasteiger partial charge in [0.25, 0.3) is 0 Å². The highest BCUT2D eigenvalue weighted by Gasteiger charge is 2.10. The SMILES string of the molecule is CC#CCN(Cc1ccccc1)c1ccccc1OC. The Balaban J connectivity index is 2.28. The van der Waals surface area contributed by atoms with Gasteiger partial charge in [0.1, 0.15) is 5.75 Å². The van der Waals surface area contributed by atoms with Crippen molar-refractivity contribution in [2.75, 3.05) is 18.6 Å². The van der Waals surface area contributed by atoms with Gasteiger partial charge in [-0.15, -0.1) is 5.92 Å². The third-order valence-corrected chi connectivity index (χ3v) is 3.09. The van der Waals surface area contributed by atoms with Crippen molar-refractivity contribution in [3.05, 3.63) is 60.2 Å². The molecule has 0 amide bonds. The molecule has 102 valence electrons. The number of hydrogen-bond acceptors (Lipinski definition) is 2. The fourth-order valence-corrected chi connectivity index (χ4v) is 2.10. The Kier molecular flexibility index (Phi) is 5.08. The third kappa shape index (κ3) is 3.55. The van der Waals surface area contributed by atoms with Gasteiger partial charge >= 0.3 is 0 Å². The van der Waals surface area contributed by atoms with Crippen LogP contribution in [0.5, 0.6) is 5.75 Å². The summed E-state index contributed by atoms with van der Waals surface area (Å²) in [5.41, 5.74) is 2.33. The molecule has 0 bridgehead atoms. The smallest absolute Gasteiger partial charge is 0.142 e. The lowest BCUT2D eigenvalue weighted by Gasteiger charge is -2.24. The first-order valence-electron chi connectivity index (χ1n) is 6.66. The molecule has 0 saturated heterocycles. The van der Waals surface area contributed by atoms with E-state index in [-0.39, 0.29) is 0 Å². The van der Waals surface area contributed by atoms with Crippen molar-refractivity contribution < 1.29 is 4.74 Å². The molecule has 2 aromatic rings. The fourth-order valence-electron chi connectivity index (χ4n) is 2.10. The second-order valence-corrected chi connectivity index (χ2v) is 4.44. The summed E-state index contributed by atoms with van der Waals surface area (Å²) in [7, 11) is 1.70. The van der Waals surface area contributed by atoms with E-state index in [1.807, 2.05) is 31.2 Å². The third-order valence-electron chi connectivity index (χ3n) is 3.09. The van der Waals surface area contributed by atoms with Crippen LogP contribution in [-0.2, 0) is 6.54 Å². The van der Waals surface area contributed by atoms with Gasteiger partial charge in [-0.3, -0.25) is 0 Å². The maximum Gasteiger partial charge on any atom is 0.142 e. The highest BCUT2D eigenvalue weighted by molar-refractivity contribution is 5.59. The van der Waals surface area contributed by atoms with Crippen LogP contribution in [-0.4, -0.2) is 13.7 Å². The van der Waals surface area contributed by atoms with Crippen LogP contribution in [0, 0.1) is 11.8 Å². The van der Waals surface area contributed by atoms with Crippen LogP contribution in [0.25, 0.3) is 0 Å². The van der Waals surface area contributed by atoms with Crippen molar-refractivity contribution in [3.8, 4) is 17.6 Å². The molecular weight excluding hydrogens is 246 g/mol. The van der Waals surface area contributed by atoms with Gasteiger partial charge in [0.05, 0.1) is 19.3 Å². The highest BCUT2D eigenvalue weighted by Crippen LogP contribution is 2.28. The van der Waals surface area contributed by atoms with Crippen molar-refractivity contribution in [1.82, 2.24) is 0 Å². The van der Waals surface area contributed by atoms with Crippen molar-refractivity contribution in [2.45, 2.75) is 13.5 Å². The fraction of sp³-hybridized carbons (Fsp3) is 0.222. The van der Waals surface area contributed by atoms with E-state index in [1.54, 1.807) is 7.11 Å². The van der Waals surface area contributed by atoms with Gasteiger partial charge in [-0.1, -0.05) is 48.4 Å². The van der Waals surface area contributed by atoms with E-state index < -0.39 is 0 Å². The molecule has 0 saturated carbocycles. The highest BCUT2D eigenvalue weighted by atomic mass is 16.5. The van der Waals surface area contributed by atoms with Gasteiger partial charge in [-0.05, 0) is 24.6 Å². The first-order chi connectivity index (χ1) is 9.85. The Labute approximate surface area is 121 Å². The van der Waals surface area contributed by atoms with Gasteiger partial charge in [0, 0.05) is 6.54 Å². The maximum atomic E-state index is 5.45. The van der Waals surface area contributed by atoms with E-state index in [9.17, 15) is 0 Å². The molecule has 0 unspecified atom stereocenters. The monoisotopic (exact) mass is 265 g/mol. The van der Waals surface area contributed by atoms with Crippen LogP contribution in [0.1, 0.15) is 12.5 Å². The van der Waals surface area contributed by atoms with E-state index in [1.165, 1.54) is 5.56 Å². The number of methoxy groups -OCH3 is 1. The zero-order valence-electron chi connectivity index (χ0n) is 12.0. The summed E-state index contributed by atoms with van der Waals surface area (Å²) in [6.07, 6.45) is 0. The lowest BCUT2D eigenvalue weighted by atomic mass is 10.2. The number of para-hydroxylation sites is 2. The molecule has 2 rings (SSSR count). The van der Waals surface area contributed by atoms with Crippen molar-refractivity contribution >= 4 is 5.69 Å². The predicted octanol–water partition coefficient (Wildman–Crippen LogP) is 3.73. The van der Waals surface area contributed by atoms with Gasteiger partial charge < -0.3 is 9.64 Å². The quantitative estimate of drug-likeness (QED) is 0.764. The molecule has 0 aliphatic carbocycles. The molecule has 20 heavy (non-hydrogen) atoms. The van der Waals surface area contributed by atoms with Crippen LogP contribution in [0.15, 0.2) is 54.6 Å². The van der Waals surface area contributed by atoms with Crippen molar-refractivity contribution in [1.29, 1.82) is 0 Å². The van der Waals surface area contributed by atoms with Crippen LogP contribution >= 0.6 is 0 Å². The van der Waals surface area contributed by atoms with Crippen LogP contribution in [0.4, 0.5) is 5.69 Å². The number of rotatable bonds is 5. The first-order valence-corrected chi connectivity index (χ1v) is 6.66. The predicted molar refractivity (Wildman–Crippen MR) is 83.9 cm³/mol. The molecule has 0 atom stereocenters. The molecule has 0 N–H and O–H groups in total. The Bertz CT molecular complexity index is 596. The minimum absolute atomic E-state index is 0.686. The molecule has 0 aliphatic rings. The van der Waals surface area contributed by atoms with Crippen molar-refractivity contribution in [3.63, 3.8) is 0 Å². The van der Waals surface area contributed by atoms with Gasteiger partial charge in [-0.2, -0.15) is 0 Å². The van der Waals surface area contributed by atoms with Crippen LogP contribution in [0.3, 0.4) is 0 Å². The molecule has 0 fully saturated rings. The summed E-state index contributed by atoms with van der Waals surface area (Å²) in [6, 6.07) is 18.4. The topological polar surface area (TPSA) is 12.5 Å². The zero-order valence-corrected chi connectivity index (χ0v) is 12.0. The van der Waals surface area contributed by atoms with Crippen molar-refractivity contribution in [2.24, 2.45) is 0 Å². The molecular formula is C18H19NO. The van der Waals surface area contributed by atoms with Gasteiger partial charge in [-0.25, -0.2) is 0 Å². The minimum Gasteiger partial charge on any atom is -0.495 e. The Morgan fingerprint density at radius 3 is 2.40 bits per heavy atom. The molecule has 0 spiro atoms. The molecule has 0 heterocycles. The van der Waals surface area contributed by atoms with Gasteiger partial charge in [0.15, 0.2) is 0 Å². The Morgan fingerprint density at radius 2 is 1.70 bits per heavy atom. The summed E-state index contributed by atoms with van der Waals surface area (Å²) in [5.74, 6) is 6.97.